The van der Waals surface area contributed by atoms with Crippen LogP contribution < -0.4 is 15.8 Å². The monoisotopic (exact) mass is 334 g/mol. The fraction of sp³-hybridized carbons (Fsp3) is 0.389. The average molecular weight is 335 g/mol. The summed E-state index contributed by atoms with van der Waals surface area (Å²) in [6.45, 7) is 0.514. The van der Waals surface area contributed by atoms with Crippen LogP contribution in [0.2, 0.25) is 0 Å². The summed E-state index contributed by atoms with van der Waals surface area (Å²) in [6.07, 6.45) is 3.66. The fourth-order valence-corrected chi connectivity index (χ4v) is 3.10. The maximum absolute atomic E-state index is 12.2. The van der Waals surface area contributed by atoms with Crippen molar-refractivity contribution in [3.05, 3.63) is 42.0 Å². The third-order valence-corrected chi connectivity index (χ3v) is 4.51. The lowest BCUT2D eigenvalue weighted by atomic mass is 9.98. The van der Waals surface area contributed by atoms with Crippen molar-refractivity contribution in [2.24, 2.45) is 5.73 Å². The normalized spacial score (nSPS) is 15.9. The van der Waals surface area contributed by atoms with E-state index in [1.54, 1.807) is 7.11 Å². The maximum Gasteiger partial charge on any atom is 0.240 e. The molecule has 3 rings (SSSR count). The highest BCUT2D eigenvalue weighted by atomic mass is 35.5. The largest absolute Gasteiger partial charge is 0.497 e. The van der Waals surface area contributed by atoms with Crippen molar-refractivity contribution in [3.63, 3.8) is 0 Å². The summed E-state index contributed by atoms with van der Waals surface area (Å²) >= 11 is 0. The van der Waals surface area contributed by atoms with E-state index in [1.807, 2.05) is 30.3 Å². The zero-order valence-electron chi connectivity index (χ0n) is 13.3. The highest BCUT2D eigenvalue weighted by Crippen LogP contribution is 2.27. The second-order valence-electron chi connectivity index (χ2n) is 6.09. The van der Waals surface area contributed by atoms with Gasteiger partial charge in [0, 0.05) is 6.54 Å². The molecule has 0 spiro atoms. The summed E-state index contributed by atoms with van der Waals surface area (Å²) in [5, 5.41) is 5.24. The summed E-state index contributed by atoms with van der Waals surface area (Å²) in [7, 11) is 1.66. The van der Waals surface area contributed by atoms with Gasteiger partial charge in [0.15, 0.2) is 0 Å². The molecule has 0 aliphatic heterocycles. The molecule has 1 amide bonds. The number of amides is 1. The molecule has 0 aromatic heterocycles. The van der Waals surface area contributed by atoms with Crippen molar-refractivity contribution in [2.75, 3.05) is 7.11 Å². The van der Waals surface area contributed by atoms with E-state index in [9.17, 15) is 4.79 Å². The first-order chi connectivity index (χ1) is 10.6. The van der Waals surface area contributed by atoms with Gasteiger partial charge in [0.05, 0.1) is 12.6 Å². The lowest BCUT2D eigenvalue weighted by Crippen LogP contribution is -2.51. The Balaban J connectivity index is 0.00000192. The van der Waals surface area contributed by atoms with Crippen molar-refractivity contribution in [2.45, 2.75) is 37.8 Å². The molecule has 0 heterocycles. The van der Waals surface area contributed by atoms with Crippen LogP contribution in [0, 0.1) is 0 Å². The van der Waals surface area contributed by atoms with Crippen LogP contribution in [0.5, 0.6) is 5.75 Å². The van der Waals surface area contributed by atoms with Gasteiger partial charge < -0.3 is 15.8 Å². The fourth-order valence-electron chi connectivity index (χ4n) is 3.10. The number of halogens is 1. The molecule has 2 aromatic carbocycles. The average Bonchev–Trinajstić information content (AvgIpc) is 3.00. The van der Waals surface area contributed by atoms with Crippen LogP contribution in [0.15, 0.2) is 36.4 Å². The van der Waals surface area contributed by atoms with Crippen LogP contribution in [-0.2, 0) is 11.3 Å². The van der Waals surface area contributed by atoms with Gasteiger partial charge in [-0.15, -0.1) is 12.4 Å². The Labute approximate surface area is 142 Å². The molecule has 4 nitrogen and oxygen atoms in total. The van der Waals surface area contributed by atoms with E-state index in [4.69, 9.17) is 10.5 Å². The number of nitrogens with two attached hydrogens (primary N) is 1. The molecule has 23 heavy (non-hydrogen) atoms. The molecule has 5 heteroatoms. The lowest BCUT2D eigenvalue weighted by Gasteiger charge is -2.22. The number of benzene rings is 2. The van der Waals surface area contributed by atoms with Crippen LogP contribution in [0.3, 0.4) is 0 Å². The third kappa shape index (κ3) is 3.77. The van der Waals surface area contributed by atoms with E-state index >= 15 is 0 Å². The predicted molar refractivity (Wildman–Crippen MR) is 95.0 cm³/mol. The van der Waals surface area contributed by atoms with Gasteiger partial charge in [-0.25, -0.2) is 0 Å². The van der Waals surface area contributed by atoms with Crippen molar-refractivity contribution in [1.29, 1.82) is 0 Å². The lowest BCUT2D eigenvalue weighted by molar-refractivity contribution is -0.126. The van der Waals surface area contributed by atoms with Gasteiger partial charge in [-0.3, -0.25) is 4.79 Å². The number of carbonyl (C=O) groups excluding carboxylic acids is 1. The second-order valence-corrected chi connectivity index (χ2v) is 6.09. The molecule has 124 valence electrons. The predicted octanol–water partition coefficient (Wildman–Crippen LogP) is 3.16. The number of rotatable bonds is 4. The maximum atomic E-state index is 12.2. The Morgan fingerprint density at radius 1 is 1.17 bits per heavy atom. The summed E-state index contributed by atoms with van der Waals surface area (Å²) in [4.78, 5) is 12.2. The number of hydrogen-bond acceptors (Lipinski definition) is 3. The van der Waals surface area contributed by atoms with Crippen molar-refractivity contribution < 1.29 is 9.53 Å². The van der Waals surface area contributed by atoms with E-state index in [1.165, 1.54) is 0 Å². The minimum Gasteiger partial charge on any atom is -0.497 e. The van der Waals surface area contributed by atoms with Crippen LogP contribution >= 0.6 is 12.4 Å². The number of ether oxygens (including phenoxy) is 1. The van der Waals surface area contributed by atoms with Gasteiger partial charge >= 0.3 is 0 Å². The number of hydrogen-bond donors (Lipinski definition) is 2. The first-order valence-corrected chi connectivity index (χ1v) is 7.75. The Kier molecular flexibility index (Phi) is 5.50. The zero-order valence-corrected chi connectivity index (χ0v) is 14.1. The third-order valence-electron chi connectivity index (χ3n) is 4.51. The number of nitrogens with one attached hydrogen (secondary N) is 1. The quantitative estimate of drug-likeness (QED) is 0.902. The summed E-state index contributed by atoms with van der Waals surface area (Å²) in [5.41, 5.74) is 6.58. The second kappa shape index (κ2) is 7.20. The Morgan fingerprint density at radius 3 is 2.52 bits per heavy atom. The molecule has 1 fully saturated rings. The first kappa shape index (κ1) is 17.6. The van der Waals surface area contributed by atoms with Crippen molar-refractivity contribution >= 4 is 29.1 Å². The minimum atomic E-state index is -0.662. The summed E-state index contributed by atoms with van der Waals surface area (Å²) in [5.74, 6) is 0.819. The van der Waals surface area contributed by atoms with Gasteiger partial charge in [0.25, 0.3) is 0 Å². The zero-order chi connectivity index (χ0) is 15.6. The van der Waals surface area contributed by atoms with E-state index in [0.29, 0.717) is 6.54 Å². The molecular weight excluding hydrogens is 312 g/mol. The van der Waals surface area contributed by atoms with Crippen LogP contribution in [-0.4, -0.2) is 18.6 Å². The SMILES string of the molecule is COc1ccc2cc(CNC(=O)C3(N)CCCC3)ccc2c1.Cl. The molecule has 2 aromatic rings. The Hall–Kier alpha value is -1.78. The van der Waals surface area contributed by atoms with E-state index in [0.717, 1.165) is 47.8 Å². The molecule has 0 radical (unpaired) electrons. The van der Waals surface area contributed by atoms with Crippen LogP contribution in [0.4, 0.5) is 0 Å². The molecule has 1 aliphatic rings. The minimum absolute atomic E-state index is 0. The van der Waals surface area contributed by atoms with Gasteiger partial charge in [-0.05, 0) is 47.4 Å². The summed E-state index contributed by atoms with van der Waals surface area (Å²) < 4.78 is 5.23. The van der Waals surface area contributed by atoms with Gasteiger partial charge in [-0.1, -0.05) is 31.0 Å². The molecular formula is C18H23ClN2O2. The first-order valence-electron chi connectivity index (χ1n) is 7.75. The van der Waals surface area contributed by atoms with Crippen molar-refractivity contribution in [1.82, 2.24) is 5.32 Å². The summed E-state index contributed by atoms with van der Waals surface area (Å²) in [6, 6.07) is 12.1. The van der Waals surface area contributed by atoms with E-state index in [-0.39, 0.29) is 18.3 Å². The van der Waals surface area contributed by atoms with E-state index < -0.39 is 5.54 Å². The number of carbonyl (C=O) groups is 1. The van der Waals surface area contributed by atoms with Crippen molar-refractivity contribution in [3.8, 4) is 5.75 Å². The molecule has 0 unspecified atom stereocenters. The van der Waals surface area contributed by atoms with Gasteiger partial charge in [0.1, 0.15) is 5.75 Å². The van der Waals surface area contributed by atoms with Gasteiger partial charge in [0.2, 0.25) is 5.91 Å². The number of methoxy groups -OCH3 is 1. The molecule has 0 atom stereocenters. The van der Waals surface area contributed by atoms with Crippen LogP contribution in [0.25, 0.3) is 10.8 Å². The molecule has 0 bridgehead atoms. The molecule has 3 N–H and O–H groups in total. The van der Waals surface area contributed by atoms with Gasteiger partial charge in [-0.2, -0.15) is 0 Å². The molecule has 1 saturated carbocycles. The molecule has 0 saturated heterocycles. The standard InChI is InChI=1S/C18H22N2O2.ClH/c1-22-16-7-6-14-10-13(4-5-15(14)11-16)12-20-17(21)18(19)8-2-3-9-18;/h4-7,10-11H,2-3,8-9,12,19H2,1H3,(H,20,21);1H. The Morgan fingerprint density at radius 2 is 1.83 bits per heavy atom. The highest BCUT2D eigenvalue weighted by Gasteiger charge is 2.36. The number of fused-ring (bicyclic) bond motifs is 1. The smallest absolute Gasteiger partial charge is 0.240 e. The van der Waals surface area contributed by atoms with Crippen LogP contribution in [0.1, 0.15) is 31.2 Å². The highest BCUT2D eigenvalue weighted by molar-refractivity contribution is 5.87. The van der Waals surface area contributed by atoms with E-state index in [2.05, 4.69) is 11.4 Å². The topological polar surface area (TPSA) is 64.3 Å². The molecule has 1 aliphatic carbocycles. The Bertz CT molecular complexity index is 696.